The van der Waals surface area contributed by atoms with Gasteiger partial charge in [-0.3, -0.25) is 0 Å². The summed E-state index contributed by atoms with van der Waals surface area (Å²) in [4.78, 5) is 0. The fourth-order valence-corrected chi connectivity index (χ4v) is 3.18. The predicted molar refractivity (Wildman–Crippen MR) is 103 cm³/mol. The maximum absolute atomic E-state index is 14.4. The molecule has 0 fully saturated rings. The van der Waals surface area contributed by atoms with E-state index in [4.69, 9.17) is 0 Å². The Morgan fingerprint density at radius 2 is 0.630 bits per heavy atom. The minimum atomic E-state index is -0.386. The molecule has 0 aromatic heterocycles. The van der Waals surface area contributed by atoms with Crippen molar-refractivity contribution in [2.24, 2.45) is 0 Å². The first kappa shape index (κ1) is 17.1. The Hall–Kier alpha value is -3.33. The van der Waals surface area contributed by atoms with E-state index in [-0.39, 0.29) is 17.5 Å². The number of halogens is 3. The first-order valence-electron chi connectivity index (χ1n) is 8.53. The van der Waals surface area contributed by atoms with E-state index in [1.165, 1.54) is 18.2 Å². The van der Waals surface area contributed by atoms with Crippen LogP contribution in [0.2, 0.25) is 0 Å². The third kappa shape index (κ3) is 3.36. The quantitative estimate of drug-likeness (QED) is 0.365. The molecule has 132 valence electrons. The van der Waals surface area contributed by atoms with Gasteiger partial charge in [0, 0.05) is 16.7 Å². The van der Waals surface area contributed by atoms with E-state index in [2.05, 4.69) is 0 Å². The number of hydrogen-bond acceptors (Lipinski definition) is 0. The summed E-state index contributed by atoms with van der Waals surface area (Å²) in [5.74, 6) is -1.16. The second-order valence-corrected chi connectivity index (χ2v) is 6.24. The lowest BCUT2D eigenvalue weighted by atomic mass is 9.93. The summed E-state index contributed by atoms with van der Waals surface area (Å²) in [6.45, 7) is 0. The van der Waals surface area contributed by atoms with E-state index < -0.39 is 0 Å². The Morgan fingerprint density at radius 3 is 0.889 bits per heavy atom. The summed E-state index contributed by atoms with van der Waals surface area (Å²) in [6, 6.07) is 24.3. The average Bonchev–Trinajstić information content (AvgIpc) is 2.69. The van der Waals surface area contributed by atoms with E-state index >= 15 is 0 Å². The largest absolute Gasteiger partial charge is 0.206 e. The molecule has 0 heterocycles. The SMILES string of the molecule is Fc1ccccc1-c1cc(-c2ccccc2F)cc(-c2ccccc2F)c1. The van der Waals surface area contributed by atoms with Gasteiger partial charge in [-0.15, -0.1) is 0 Å². The average molecular weight is 360 g/mol. The monoisotopic (exact) mass is 360 g/mol. The lowest BCUT2D eigenvalue weighted by molar-refractivity contribution is 0.631. The van der Waals surface area contributed by atoms with Crippen LogP contribution in [-0.4, -0.2) is 0 Å². The maximum Gasteiger partial charge on any atom is 0.131 e. The molecular weight excluding hydrogens is 345 g/mol. The van der Waals surface area contributed by atoms with E-state index in [9.17, 15) is 13.2 Å². The molecule has 0 saturated carbocycles. The first-order valence-corrected chi connectivity index (χ1v) is 8.53. The highest BCUT2D eigenvalue weighted by Crippen LogP contribution is 2.35. The van der Waals surface area contributed by atoms with Gasteiger partial charge in [0.25, 0.3) is 0 Å². The van der Waals surface area contributed by atoms with Crippen molar-refractivity contribution < 1.29 is 13.2 Å². The van der Waals surface area contributed by atoms with Crippen LogP contribution in [0, 0.1) is 17.5 Å². The van der Waals surface area contributed by atoms with Crippen molar-refractivity contribution in [2.45, 2.75) is 0 Å². The van der Waals surface area contributed by atoms with Gasteiger partial charge in [0.15, 0.2) is 0 Å². The molecule has 0 aliphatic carbocycles. The van der Waals surface area contributed by atoms with Crippen LogP contribution in [-0.2, 0) is 0 Å². The molecular formula is C24H15F3. The highest BCUT2D eigenvalue weighted by atomic mass is 19.1. The van der Waals surface area contributed by atoms with Crippen LogP contribution in [0.5, 0.6) is 0 Å². The Labute approximate surface area is 155 Å². The summed E-state index contributed by atoms with van der Waals surface area (Å²) in [5, 5.41) is 0. The fraction of sp³-hybridized carbons (Fsp3) is 0. The van der Waals surface area contributed by atoms with Crippen LogP contribution in [0.1, 0.15) is 0 Å². The molecule has 0 unspecified atom stereocenters. The highest BCUT2D eigenvalue weighted by Gasteiger charge is 2.13. The minimum Gasteiger partial charge on any atom is -0.206 e. The molecule has 0 radical (unpaired) electrons. The van der Waals surface area contributed by atoms with Crippen molar-refractivity contribution in [1.82, 2.24) is 0 Å². The molecule has 0 atom stereocenters. The van der Waals surface area contributed by atoms with Gasteiger partial charge in [0.1, 0.15) is 17.5 Å². The van der Waals surface area contributed by atoms with Crippen molar-refractivity contribution in [3.8, 4) is 33.4 Å². The van der Waals surface area contributed by atoms with Gasteiger partial charge in [-0.2, -0.15) is 0 Å². The predicted octanol–water partition coefficient (Wildman–Crippen LogP) is 7.10. The molecule has 0 bridgehead atoms. The number of rotatable bonds is 3. The van der Waals surface area contributed by atoms with Crippen molar-refractivity contribution >= 4 is 0 Å². The van der Waals surface area contributed by atoms with Crippen LogP contribution >= 0.6 is 0 Å². The van der Waals surface area contributed by atoms with Crippen molar-refractivity contribution in [2.75, 3.05) is 0 Å². The number of hydrogen-bond donors (Lipinski definition) is 0. The molecule has 0 aliphatic heterocycles. The van der Waals surface area contributed by atoms with E-state index in [0.717, 1.165) is 0 Å². The van der Waals surface area contributed by atoms with E-state index in [0.29, 0.717) is 33.4 Å². The zero-order chi connectivity index (χ0) is 18.8. The third-order valence-corrected chi connectivity index (χ3v) is 4.49. The molecule has 4 aromatic carbocycles. The fourth-order valence-electron chi connectivity index (χ4n) is 3.18. The minimum absolute atomic E-state index is 0.383. The van der Waals surface area contributed by atoms with E-state index in [1.807, 2.05) is 0 Å². The molecule has 0 spiro atoms. The molecule has 0 saturated heterocycles. The molecule has 0 amide bonds. The van der Waals surface area contributed by atoms with Gasteiger partial charge in [0.2, 0.25) is 0 Å². The second kappa shape index (κ2) is 7.12. The molecule has 4 aromatic rings. The van der Waals surface area contributed by atoms with Crippen LogP contribution in [0.15, 0.2) is 91.0 Å². The summed E-state index contributed by atoms with van der Waals surface area (Å²) >= 11 is 0. The zero-order valence-electron chi connectivity index (χ0n) is 14.3. The van der Waals surface area contributed by atoms with Crippen molar-refractivity contribution in [1.29, 1.82) is 0 Å². The molecule has 4 rings (SSSR count). The Kier molecular flexibility index (Phi) is 4.51. The normalized spacial score (nSPS) is 10.8. The summed E-state index contributed by atoms with van der Waals surface area (Å²) < 4.78 is 43.1. The van der Waals surface area contributed by atoms with Crippen molar-refractivity contribution in [3.05, 3.63) is 108 Å². The first-order chi connectivity index (χ1) is 13.1. The lowest BCUT2D eigenvalue weighted by Gasteiger charge is -2.12. The van der Waals surface area contributed by atoms with Crippen LogP contribution in [0.4, 0.5) is 13.2 Å². The summed E-state index contributed by atoms with van der Waals surface area (Å²) in [5.41, 5.74) is 2.83. The highest BCUT2D eigenvalue weighted by molar-refractivity contribution is 5.81. The van der Waals surface area contributed by atoms with Crippen LogP contribution < -0.4 is 0 Å². The summed E-state index contributed by atoms with van der Waals surface area (Å²) in [7, 11) is 0. The molecule has 0 aliphatic rings. The maximum atomic E-state index is 14.4. The van der Waals surface area contributed by atoms with Gasteiger partial charge in [-0.05, 0) is 53.1 Å². The number of benzene rings is 4. The van der Waals surface area contributed by atoms with Gasteiger partial charge in [-0.25, -0.2) is 13.2 Å². The van der Waals surface area contributed by atoms with E-state index in [1.54, 1.807) is 72.8 Å². The molecule has 0 nitrogen and oxygen atoms in total. The van der Waals surface area contributed by atoms with Gasteiger partial charge in [-0.1, -0.05) is 54.6 Å². The van der Waals surface area contributed by atoms with Gasteiger partial charge < -0.3 is 0 Å². The van der Waals surface area contributed by atoms with Crippen molar-refractivity contribution in [3.63, 3.8) is 0 Å². The smallest absolute Gasteiger partial charge is 0.131 e. The van der Waals surface area contributed by atoms with Crippen LogP contribution in [0.3, 0.4) is 0 Å². The second-order valence-electron chi connectivity index (χ2n) is 6.24. The zero-order valence-corrected chi connectivity index (χ0v) is 14.3. The molecule has 3 heteroatoms. The Morgan fingerprint density at radius 1 is 0.370 bits per heavy atom. The van der Waals surface area contributed by atoms with Gasteiger partial charge in [0.05, 0.1) is 0 Å². The third-order valence-electron chi connectivity index (χ3n) is 4.49. The topological polar surface area (TPSA) is 0 Å². The Bertz CT molecular complexity index is 962. The Balaban J connectivity index is 1.99. The molecule has 0 N–H and O–H groups in total. The molecule has 27 heavy (non-hydrogen) atoms. The van der Waals surface area contributed by atoms with Crippen LogP contribution in [0.25, 0.3) is 33.4 Å². The summed E-state index contributed by atoms with van der Waals surface area (Å²) in [6.07, 6.45) is 0. The lowest BCUT2D eigenvalue weighted by Crippen LogP contribution is -1.91. The standard InChI is InChI=1S/C24H15F3/c25-22-10-4-1-7-19(22)16-13-17(20-8-2-5-11-23(20)26)15-18(14-16)21-9-3-6-12-24(21)27/h1-15H. The van der Waals surface area contributed by atoms with Gasteiger partial charge >= 0.3 is 0 Å².